The molecule has 104 valence electrons. The first-order valence-electron chi connectivity index (χ1n) is 6.67. The first kappa shape index (κ1) is 12.6. The molecule has 1 amide bonds. The van der Waals surface area contributed by atoms with Gasteiger partial charge >= 0.3 is 0 Å². The normalized spacial score (nSPS) is 30.1. The van der Waals surface area contributed by atoms with E-state index >= 15 is 0 Å². The van der Waals surface area contributed by atoms with Gasteiger partial charge in [0.2, 0.25) is 5.89 Å². The standard InChI is InChI=1S/C12H18N4O3/c1-18-8-5-7(6-8)14-11(17)10-15-12(19-16-10)9-3-2-4-13-9/h7-9,13H,2-6H2,1H3,(H,14,17). The summed E-state index contributed by atoms with van der Waals surface area (Å²) in [6.07, 6.45) is 4.01. The van der Waals surface area contributed by atoms with Gasteiger partial charge in [0.15, 0.2) is 0 Å². The Labute approximate surface area is 111 Å². The molecule has 7 heteroatoms. The summed E-state index contributed by atoms with van der Waals surface area (Å²) in [6.45, 7) is 0.953. The van der Waals surface area contributed by atoms with Crippen LogP contribution in [0.2, 0.25) is 0 Å². The highest BCUT2D eigenvalue weighted by Gasteiger charge is 2.32. The quantitative estimate of drug-likeness (QED) is 0.820. The van der Waals surface area contributed by atoms with Crippen molar-refractivity contribution in [3.63, 3.8) is 0 Å². The molecule has 0 bridgehead atoms. The topological polar surface area (TPSA) is 89.3 Å². The Bertz CT molecular complexity index is 450. The molecular formula is C12H18N4O3. The van der Waals surface area contributed by atoms with Gasteiger partial charge in [-0.05, 0) is 32.2 Å². The van der Waals surface area contributed by atoms with E-state index in [9.17, 15) is 4.79 Å². The summed E-state index contributed by atoms with van der Waals surface area (Å²) in [5.41, 5.74) is 0. The molecule has 7 nitrogen and oxygen atoms in total. The van der Waals surface area contributed by atoms with Crippen molar-refractivity contribution < 1.29 is 14.1 Å². The van der Waals surface area contributed by atoms with Crippen LogP contribution in [0.1, 0.15) is 48.2 Å². The molecule has 2 fully saturated rings. The molecule has 0 aromatic carbocycles. The second-order valence-electron chi connectivity index (χ2n) is 5.10. The van der Waals surface area contributed by atoms with E-state index in [0.29, 0.717) is 5.89 Å². The smallest absolute Gasteiger partial charge is 0.292 e. The lowest BCUT2D eigenvalue weighted by Crippen LogP contribution is -2.47. The fraction of sp³-hybridized carbons (Fsp3) is 0.750. The number of hydrogen-bond donors (Lipinski definition) is 2. The summed E-state index contributed by atoms with van der Waals surface area (Å²) in [6, 6.07) is 0.250. The van der Waals surface area contributed by atoms with Crippen LogP contribution in [0.4, 0.5) is 0 Å². The van der Waals surface area contributed by atoms with Gasteiger partial charge in [0.05, 0.1) is 12.1 Å². The number of carbonyl (C=O) groups excluding carboxylic acids is 1. The number of carbonyl (C=O) groups is 1. The molecular weight excluding hydrogens is 248 g/mol. The van der Waals surface area contributed by atoms with Crippen molar-refractivity contribution in [1.29, 1.82) is 0 Å². The lowest BCUT2D eigenvalue weighted by Gasteiger charge is -2.34. The highest BCUT2D eigenvalue weighted by Crippen LogP contribution is 2.23. The van der Waals surface area contributed by atoms with Crippen molar-refractivity contribution in [3.8, 4) is 0 Å². The number of nitrogens with one attached hydrogen (secondary N) is 2. The molecule has 19 heavy (non-hydrogen) atoms. The minimum atomic E-state index is -0.271. The second kappa shape index (κ2) is 5.26. The lowest BCUT2D eigenvalue weighted by atomic mass is 9.89. The Hall–Kier alpha value is -1.47. The molecule has 1 atom stereocenters. The predicted octanol–water partition coefficient (Wildman–Crippen LogP) is 0.401. The summed E-state index contributed by atoms with van der Waals surface area (Å²) in [5.74, 6) is 0.350. The van der Waals surface area contributed by atoms with Crippen LogP contribution in [0.5, 0.6) is 0 Å². The average Bonchev–Trinajstić information content (AvgIpc) is 3.01. The number of nitrogens with zero attached hydrogens (tertiary/aromatic N) is 2. The Morgan fingerprint density at radius 3 is 3.05 bits per heavy atom. The van der Waals surface area contributed by atoms with Gasteiger partial charge in [-0.1, -0.05) is 5.16 Å². The number of aromatic nitrogens is 2. The van der Waals surface area contributed by atoms with Crippen molar-refractivity contribution in [2.75, 3.05) is 13.7 Å². The highest BCUT2D eigenvalue weighted by atomic mass is 16.5. The maximum absolute atomic E-state index is 11.9. The highest BCUT2D eigenvalue weighted by molar-refractivity contribution is 5.90. The Morgan fingerprint density at radius 2 is 2.37 bits per heavy atom. The number of ether oxygens (including phenoxy) is 1. The summed E-state index contributed by atoms with van der Waals surface area (Å²) < 4.78 is 10.3. The third-order valence-corrected chi connectivity index (χ3v) is 3.77. The monoisotopic (exact) mass is 266 g/mol. The van der Waals surface area contributed by atoms with Crippen LogP contribution in [-0.4, -0.2) is 41.8 Å². The molecule has 1 aromatic rings. The van der Waals surface area contributed by atoms with Gasteiger partial charge in [-0.3, -0.25) is 4.79 Å². The fourth-order valence-electron chi connectivity index (χ4n) is 2.49. The largest absolute Gasteiger partial charge is 0.381 e. The van der Waals surface area contributed by atoms with Gasteiger partial charge in [-0.15, -0.1) is 0 Å². The number of amides is 1. The van der Waals surface area contributed by atoms with Gasteiger partial charge in [-0.25, -0.2) is 0 Å². The third kappa shape index (κ3) is 2.62. The maximum atomic E-state index is 11.9. The summed E-state index contributed by atoms with van der Waals surface area (Å²) in [4.78, 5) is 16.1. The van der Waals surface area contributed by atoms with Crippen LogP contribution in [0.15, 0.2) is 4.52 Å². The SMILES string of the molecule is COC1CC(NC(=O)c2noc(C3CCCN3)n2)C1. The number of hydrogen-bond acceptors (Lipinski definition) is 6. The van der Waals surface area contributed by atoms with Crippen LogP contribution in [0, 0.1) is 0 Å². The summed E-state index contributed by atoms with van der Waals surface area (Å²) >= 11 is 0. The lowest BCUT2D eigenvalue weighted by molar-refractivity contribution is 0.0174. The zero-order chi connectivity index (χ0) is 13.2. The van der Waals surface area contributed by atoms with E-state index in [1.807, 2.05) is 0 Å². The summed E-state index contributed by atoms with van der Waals surface area (Å²) in [5, 5.41) is 9.88. The molecule has 0 spiro atoms. The predicted molar refractivity (Wildman–Crippen MR) is 65.6 cm³/mol. The molecule has 1 unspecified atom stereocenters. The van der Waals surface area contributed by atoms with Crippen molar-refractivity contribution in [2.24, 2.45) is 0 Å². The number of methoxy groups -OCH3 is 1. The van der Waals surface area contributed by atoms with Crippen LogP contribution in [0.25, 0.3) is 0 Å². The molecule has 1 saturated heterocycles. The van der Waals surface area contributed by atoms with Crippen molar-refractivity contribution in [2.45, 2.75) is 43.9 Å². The average molecular weight is 266 g/mol. The van der Waals surface area contributed by atoms with Gasteiger partial charge < -0.3 is 19.9 Å². The Kier molecular flexibility index (Phi) is 3.48. The van der Waals surface area contributed by atoms with E-state index < -0.39 is 0 Å². The number of rotatable bonds is 4. The van der Waals surface area contributed by atoms with E-state index in [1.165, 1.54) is 0 Å². The Morgan fingerprint density at radius 1 is 1.53 bits per heavy atom. The fourth-order valence-corrected chi connectivity index (χ4v) is 2.49. The van der Waals surface area contributed by atoms with Gasteiger partial charge in [-0.2, -0.15) is 4.98 Å². The molecule has 1 aromatic heterocycles. The summed E-state index contributed by atoms with van der Waals surface area (Å²) in [7, 11) is 1.68. The molecule has 2 heterocycles. The van der Waals surface area contributed by atoms with Gasteiger partial charge in [0.25, 0.3) is 11.7 Å². The molecule has 1 aliphatic carbocycles. The third-order valence-electron chi connectivity index (χ3n) is 3.77. The first-order valence-corrected chi connectivity index (χ1v) is 6.67. The minimum Gasteiger partial charge on any atom is -0.381 e. The van der Waals surface area contributed by atoms with Crippen LogP contribution >= 0.6 is 0 Å². The molecule has 3 rings (SSSR count). The van der Waals surface area contributed by atoms with E-state index in [1.54, 1.807) is 7.11 Å². The van der Waals surface area contributed by atoms with Crippen molar-refractivity contribution in [1.82, 2.24) is 20.8 Å². The van der Waals surface area contributed by atoms with Gasteiger partial charge in [0, 0.05) is 13.2 Å². The van der Waals surface area contributed by atoms with Crippen molar-refractivity contribution in [3.05, 3.63) is 11.7 Å². The molecule has 1 saturated carbocycles. The van der Waals surface area contributed by atoms with Crippen LogP contribution < -0.4 is 10.6 Å². The molecule has 2 aliphatic rings. The molecule has 1 aliphatic heterocycles. The Balaban J connectivity index is 1.55. The molecule has 2 N–H and O–H groups in total. The van der Waals surface area contributed by atoms with E-state index in [-0.39, 0.29) is 29.9 Å². The zero-order valence-corrected chi connectivity index (χ0v) is 10.9. The zero-order valence-electron chi connectivity index (χ0n) is 10.9. The van der Waals surface area contributed by atoms with E-state index in [4.69, 9.17) is 9.26 Å². The van der Waals surface area contributed by atoms with Crippen LogP contribution in [0.3, 0.4) is 0 Å². The first-order chi connectivity index (χ1) is 9.26. The van der Waals surface area contributed by atoms with E-state index in [2.05, 4.69) is 20.8 Å². The van der Waals surface area contributed by atoms with Crippen molar-refractivity contribution >= 4 is 5.91 Å². The van der Waals surface area contributed by atoms with Gasteiger partial charge in [0.1, 0.15) is 0 Å². The second-order valence-corrected chi connectivity index (χ2v) is 5.10. The van der Waals surface area contributed by atoms with Crippen LogP contribution in [-0.2, 0) is 4.74 Å². The van der Waals surface area contributed by atoms with E-state index in [0.717, 1.165) is 32.2 Å². The minimum absolute atomic E-state index is 0.0932. The molecule has 0 radical (unpaired) electrons. The maximum Gasteiger partial charge on any atom is 0.292 e.